The van der Waals surface area contributed by atoms with E-state index in [2.05, 4.69) is 15.6 Å². The summed E-state index contributed by atoms with van der Waals surface area (Å²) < 4.78 is 12.7. The van der Waals surface area contributed by atoms with Gasteiger partial charge in [0, 0.05) is 6.42 Å². The standard InChI is InChI=1S/C10H14FN3O/c1-12-7-3-6-10(15)14-9-5-2-4-8(11)13-9/h2,4-5,12H,3,6-7H2,1H3,(H,13,14,15). The van der Waals surface area contributed by atoms with Crippen LogP contribution in [0.4, 0.5) is 10.2 Å². The van der Waals surface area contributed by atoms with E-state index in [1.807, 2.05) is 7.05 Å². The molecule has 15 heavy (non-hydrogen) atoms. The van der Waals surface area contributed by atoms with Crippen LogP contribution >= 0.6 is 0 Å². The highest BCUT2D eigenvalue weighted by atomic mass is 19.1. The summed E-state index contributed by atoms with van der Waals surface area (Å²) in [6.45, 7) is 0.782. The maximum absolute atomic E-state index is 12.7. The number of anilines is 1. The molecule has 0 radical (unpaired) electrons. The highest BCUT2D eigenvalue weighted by Gasteiger charge is 2.03. The zero-order valence-electron chi connectivity index (χ0n) is 8.59. The van der Waals surface area contributed by atoms with Gasteiger partial charge >= 0.3 is 0 Å². The number of nitrogens with one attached hydrogen (secondary N) is 2. The number of aromatic nitrogens is 1. The van der Waals surface area contributed by atoms with E-state index in [0.717, 1.165) is 13.0 Å². The number of amides is 1. The zero-order chi connectivity index (χ0) is 11.1. The number of pyridine rings is 1. The minimum Gasteiger partial charge on any atom is -0.320 e. The van der Waals surface area contributed by atoms with Crippen LogP contribution in [0.1, 0.15) is 12.8 Å². The minimum atomic E-state index is -0.594. The minimum absolute atomic E-state index is 0.150. The fourth-order valence-corrected chi connectivity index (χ4v) is 1.11. The Bertz CT molecular complexity index is 330. The van der Waals surface area contributed by atoms with Crippen molar-refractivity contribution in [3.05, 3.63) is 24.1 Å². The molecular weight excluding hydrogens is 197 g/mol. The first-order valence-corrected chi connectivity index (χ1v) is 4.79. The van der Waals surface area contributed by atoms with E-state index in [0.29, 0.717) is 6.42 Å². The van der Waals surface area contributed by atoms with E-state index in [4.69, 9.17) is 0 Å². The van der Waals surface area contributed by atoms with Crippen molar-refractivity contribution in [3.63, 3.8) is 0 Å². The molecule has 0 aliphatic carbocycles. The quantitative estimate of drug-likeness (QED) is 0.567. The third kappa shape index (κ3) is 4.51. The van der Waals surface area contributed by atoms with Crippen LogP contribution in [0.2, 0.25) is 0 Å². The van der Waals surface area contributed by atoms with Crippen molar-refractivity contribution in [2.45, 2.75) is 12.8 Å². The van der Waals surface area contributed by atoms with Gasteiger partial charge in [-0.3, -0.25) is 4.79 Å². The molecule has 82 valence electrons. The molecule has 0 unspecified atom stereocenters. The highest BCUT2D eigenvalue weighted by molar-refractivity contribution is 5.89. The Hall–Kier alpha value is -1.49. The van der Waals surface area contributed by atoms with Gasteiger partial charge in [-0.2, -0.15) is 4.39 Å². The Labute approximate surface area is 87.9 Å². The van der Waals surface area contributed by atoms with Gasteiger partial charge in [0.15, 0.2) is 0 Å². The number of carbonyl (C=O) groups is 1. The maximum Gasteiger partial charge on any atom is 0.225 e. The number of nitrogens with zero attached hydrogens (tertiary/aromatic N) is 1. The van der Waals surface area contributed by atoms with Crippen LogP contribution in [0.5, 0.6) is 0 Å². The number of carbonyl (C=O) groups excluding carboxylic acids is 1. The van der Waals surface area contributed by atoms with E-state index in [9.17, 15) is 9.18 Å². The summed E-state index contributed by atoms with van der Waals surface area (Å²) in [4.78, 5) is 14.8. The summed E-state index contributed by atoms with van der Waals surface area (Å²) in [6.07, 6.45) is 1.15. The molecule has 1 aromatic rings. The lowest BCUT2D eigenvalue weighted by Crippen LogP contribution is -2.16. The van der Waals surface area contributed by atoms with Crippen LogP contribution in [0.3, 0.4) is 0 Å². The molecule has 1 amide bonds. The molecule has 0 saturated carbocycles. The van der Waals surface area contributed by atoms with Crippen LogP contribution in [0.15, 0.2) is 18.2 Å². The van der Waals surface area contributed by atoms with Crippen molar-refractivity contribution in [1.82, 2.24) is 10.3 Å². The molecule has 0 aliphatic rings. The van der Waals surface area contributed by atoms with Gasteiger partial charge < -0.3 is 10.6 Å². The van der Waals surface area contributed by atoms with Crippen LogP contribution in [-0.2, 0) is 4.79 Å². The summed E-state index contributed by atoms with van der Waals surface area (Å²) in [5, 5.41) is 5.46. The molecule has 5 heteroatoms. The van der Waals surface area contributed by atoms with Gasteiger partial charge in [0.2, 0.25) is 11.9 Å². The van der Waals surface area contributed by atoms with Gasteiger partial charge in [0.1, 0.15) is 5.82 Å². The molecule has 2 N–H and O–H groups in total. The fraction of sp³-hybridized carbons (Fsp3) is 0.400. The number of rotatable bonds is 5. The van der Waals surface area contributed by atoms with Crippen LogP contribution in [-0.4, -0.2) is 24.5 Å². The SMILES string of the molecule is CNCCCC(=O)Nc1cccc(F)n1. The monoisotopic (exact) mass is 211 g/mol. The first kappa shape index (κ1) is 11.6. The summed E-state index contributed by atoms with van der Waals surface area (Å²) in [5.41, 5.74) is 0. The third-order valence-electron chi connectivity index (χ3n) is 1.81. The second kappa shape index (κ2) is 6.08. The molecule has 0 bridgehead atoms. The normalized spacial score (nSPS) is 10.0. The van der Waals surface area contributed by atoms with E-state index >= 15 is 0 Å². The highest BCUT2D eigenvalue weighted by Crippen LogP contribution is 2.04. The van der Waals surface area contributed by atoms with E-state index < -0.39 is 5.95 Å². The summed E-state index contributed by atoms with van der Waals surface area (Å²) in [6, 6.07) is 4.29. The molecule has 0 saturated heterocycles. The second-order valence-corrected chi connectivity index (χ2v) is 3.10. The largest absolute Gasteiger partial charge is 0.320 e. The predicted octanol–water partition coefficient (Wildman–Crippen LogP) is 1.16. The molecule has 0 fully saturated rings. The Morgan fingerprint density at radius 2 is 2.33 bits per heavy atom. The van der Waals surface area contributed by atoms with Crippen molar-refractivity contribution >= 4 is 11.7 Å². The van der Waals surface area contributed by atoms with E-state index in [-0.39, 0.29) is 11.7 Å². The third-order valence-corrected chi connectivity index (χ3v) is 1.81. The van der Waals surface area contributed by atoms with Crippen LogP contribution < -0.4 is 10.6 Å². The molecule has 1 aromatic heterocycles. The van der Waals surface area contributed by atoms with E-state index in [1.165, 1.54) is 12.1 Å². The summed E-state index contributed by atoms with van der Waals surface area (Å²) in [5.74, 6) is -0.490. The van der Waals surface area contributed by atoms with Gasteiger partial charge in [0.05, 0.1) is 0 Å². The smallest absolute Gasteiger partial charge is 0.225 e. The summed E-state index contributed by atoms with van der Waals surface area (Å²) >= 11 is 0. The fourth-order valence-electron chi connectivity index (χ4n) is 1.11. The molecule has 0 aromatic carbocycles. The Kier molecular flexibility index (Phi) is 4.70. The molecule has 0 spiro atoms. The lowest BCUT2D eigenvalue weighted by molar-refractivity contribution is -0.116. The predicted molar refractivity (Wildman–Crippen MR) is 56.0 cm³/mol. The lowest BCUT2D eigenvalue weighted by Gasteiger charge is -2.03. The summed E-state index contributed by atoms with van der Waals surface area (Å²) in [7, 11) is 1.83. The van der Waals surface area contributed by atoms with Gasteiger partial charge in [-0.25, -0.2) is 4.98 Å². The van der Waals surface area contributed by atoms with Crippen molar-refractivity contribution < 1.29 is 9.18 Å². The van der Waals surface area contributed by atoms with Crippen molar-refractivity contribution in [1.29, 1.82) is 0 Å². The average molecular weight is 211 g/mol. The van der Waals surface area contributed by atoms with Crippen molar-refractivity contribution in [2.75, 3.05) is 18.9 Å². The van der Waals surface area contributed by atoms with Crippen LogP contribution in [0.25, 0.3) is 0 Å². The number of hydrogen-bond donors (Lipinski definition) is 2. The molecule has 4 nitrogen and oxygen atoms in total. The second-order valence-electron chi connectivity index (χ2n) is 3.10. The number of halogens is 1. The first-order chi connectivity index (χ1) is 7.22. The zero-order valence-corrected chi connectivity index (χ0v) is 8.59. The Morgan fingerprint density at radius 3 is 3.00 bits per heavy atom. The average Bonchev–Trinajstić information content (AvgIpc) is 2.18. The van der Waals surface area contributed by atoms with Gasteiger partial charge in [-0.1, -0.05) is 6.07 Å². The van der Waals surface area contributed by atoms with Gasteiger partial charge in [0.25, 0.3) is 0 Å². The van der Waals surface area contributed by atoms with Gasteiger partial charge in [-0.15, -0.1) is 0 Å². The van der Waals surface area contributed by atoms with Crippen molar-refractivity contribution in [3.8, 4) is 0 Å². The lowest BCUT2D eigenvalue weighted by atomic mass is 10.3. The first-order valence-electron chi connectivity index (χ1n) is 4.79. The molecule has 0 aliphatic heterocycles. The molecule has 1 rings (SSSR count). The van der Waals surface area contributed by atoms with E-state index in [1.54, 1.807) is 6.07 Å². The molecular formula is C10H14FN3O. The number of hydrogen-bond acceptors (Lipinski definition) is 3. The molecule has 0 atom stereocenters. The topological polar surface area (TPSA) is 54.0 Å². The van der Waals surface area contributed by atoms with Crippen LogP contribution in [0, 0.1) is 5.95 Å². The van der Waals surface area contributed by atoms with Gasteiger partial charge in [-0.05, 0) is 32.1 Å². The van der Waals surface area contributed by atoms with Crippen molar-refractivity contribution in [2.24, 2.45) is 0 Å². The Morgan fingerprint density at radius 1 is 1.53 bits per heavy atom. The Balaban J connectivity index is 2.37. The molecule has 1 heterocycles. The maximum atomic E-state index is 12.7.